The molecule has 0 aliphatic rings. The molecule has 0 heterocycles. The van der Waals surface area contributed by atoms with Crippen LogP contribution in [0.5, 0.6) is 0 Å². The fourth-order valence-electron chi connectivity index (χ4n) is 1.50. The molecule has 0 bridgehead atoms. The van der Waals surface area contributed by atoms with Gasteiger partial charge >= 0.3 is 0 Å². The first-order valence-electron chi connectivity index (χ1n) is 5.31. The lowest BCUT2D eigenvalue weighted by Gasteiger charge is -2.17. The molecule has 0 aromatic heterocycles. The number of hydrogen-bond donors (Lipinski definition) is 1. The maximum Gasteiger partial charge on any atom is 0.125 e. The summed E-state index contributed by atoms with van der Waals surface area (Å²) in [7, 11) is 1.92. The monoisotopic (exact) mass is 205 g/mol. The predicted molar refractivity (Wildman–Crippen MR) is 64.2 cm³/mol. The second-order valence-electron chi connectivity index (χ2n) is 4.51. The highest BCUT2D eigenvalue weighted by molar-refractivity contribution is 5.58. The van der Waals surface area contributed by atoms with Crippen LogP contribution in [-0.4, -0.2) is 13.3 Å². The van der Waals surface area contributed by atoms with Crippen LogP contribution in [-0.2, 0) is 11.2 Å². The predicted octanol–water partition coefficient (Wildman–Crippen LogP) is 2.89. The smallest absolute Gasteiger partial charge is 0.125 e. The number of rotatable bonds is 5. The molecule has 0 saturated carbocycles. The van der Waals surface area contributed by atoms with Crippen molar-refractivity contribution in [2.45, 2.75) is 26.7 Å². The minimum Gasteiger partial charge on any atom is -0.388 e. The van der Waals surface area contributed by atoms with Crippen LogP contribution >= 0.6 is 0 Å². The lowest BCUT2D eigenvalue weighted by molar-refractivity contribution is -0.114. The summed E-state index contributed by atoms with van der Waals surface area (Å²) in [6, 6.07) is 8.21. The number of aryl methyl sites for hydroxylation is 1. The van der Waals surface area contributed by atoms with Crippen LogP contribution in [0.1, 0.15) is 25.8 Å². The van der Waals surface area contributed by atoms with Crippen molar-refractivity contribution in [2.75, 3.05) is 12.4 Å². The molecular formula is C13H19NO. The van der Waals surface area contributed by atoms with E-state index in [0.717, 1.165) is 24.8 Å². The zero-order valence-electron chi connectivity index (χ0n) is 9.71. The SMILES string of the molecule is CNc1ccccc1CCC(C)(C)C=O. The average molecular weight is 205 g/mol. The molecule has 15 heavy (non-hydrogen) atoms. The zero-order chi connectivity index (χ0) is 11.3. The summed E-state index contributed by atoms with van der Waals surface area (Å²) in [5.41, 5.74) is 2.20. The third-order valence-electron chi connectivity index (χ3n) is 2.64. The lowest BCUT2D eigenvalue weighted by atomic mass is 9.88. The van der Waals surface area contributed by atoms with Crippen LogP contribution in [0, 0.1) is 5.41 Å². The van der Waals surface area contributed by atoms with E-state index in [1.807, 2.05) is 33.0 Å². The van der Waals surface area contributed by atoms with Crippen LogP contribution in [0.15, 0.2) is 24.3 Å². The minimum absolute atomic E-state index is 0.221. The van der Waals surface area contributed by atoms with E-state index in [1.54, 1.807) is 0 Å². The van der Waals surface area contributed by atoms with Gasteiger partial charge in [0.05, 0.1) is 0 Å². The molecule has 1 aromatic rings. The standard InChI is InChI=1S/C13H19NO/c1-13(2,10-15)9-8-11-6-4-5-7-12(11)14-3/h4-7,10,14H,8-9H2,1-3H3. The molecule has 0 aliphatic heterocycles. The van der Waals surface area contributed by atoms with Gasteiger partial charge in [-0.25, -0.2) is 0 Å². The van der Waals surface area contributed by atoms with Crippen molar-refractivity contribution in [3.05, 3.63) is 29.8 Å². The van der Waals surface area contributed by atoms with E-state index in [9.17, 15) is 4.79 Å². The lowest BCUT2D eigenvalue weighted by Crippen LogP contribution is -2.14. The summed E-state index contributed by atoms with van der Waals surface area (Å²) in [5.74, 6) is 0. The van der Waals surface area contributed by atoms with E-state index in [2.05, 4.69) is 17.4 Å². The Bertz CT molecular complexity index is 331. The van der Waals surface area contributed by atoms with E-state index >= 15 is 0 Å². The maximum absolute atomic E-state index is 10.8. The molecule has 82 valence electrons. The topological polar surface area (TPSA) is 29.1 Å². The average Bonchev–Trinajstić information content (AvgIpc) is 2.27. The van der Waals surface area contributed by atoms with E-state index in [1.165, 1.54) is 5.56 Å². The van der Waals surface area contributed by atoms with Gasteiger partial charge in [0.2, 0.25) is 0 Å². The van der Waals surface area contributed by atoms with Crippen molar-refractivity contribution < 1.29 is 4.79 Å². The normalized spacial score (nSPS) is 11.1. The van der Waals surface area contributed by atoms with Crippen molar-refractivity contribution in [3.8, 4) is 0 Å². The van der Waals surface area contributed by atoms with Crippen molar-refractivity contribution in [1.29, 1.82) is 0 Å². The summed E-state index contributed by atoms with van der Waals surface area (Å²) >= 11 is 0. The Morgan fingerprint density at radius 3 is 2.60 bits per heavy atom. The van der Waals surface area contributed by atoms with Crippen LogP contribution in [0.25, 0.3) is 0 Å². The van der Waals surface area contributed by atoms with Gasteiger partial charge in [-0.3, -0.25) is 0 Å². The van der Waals surface area contributed by atoms with Crippen molar-refractivity contribution in [2.24, 2.45) is 5.41 Å². The van der Waals surface area contributed by atoms with Crippen LogP contribution in [0.2, 0.25) is 0 Å². The number of aldehydes is 1. The molecule has 0 saturated heterocycles. The van der Waals surface area contributed by atoms with Gasteiger partial charge in [-0.15, -0.1) is 0 Å². The molecule has 0 spiro atoms. The number of benzene rings is 1. The molecule has 0 fully saturated rings. The fraction of sp³-hybridized carbons (Fsp3) is 0.462. The molecule has 2 nitrogen and oxygen atoms in total. The number of carbonyl (C=O) groups is 1. The van der Waals surface area contributed by atoms with Gasteiger partial charge in [-0.2, -0.15) is 0 Å². The third-order valence-corrected chi connectivity index (χ3v) is 2.64. The van der Waals surface area contributed by atoms with Crippen LogP contribution < -0.4 is 5.32 Å². The first-order valence-corrected chi connectivity index (χ1v) is 5.31. The summed E-state index contributed by atoms with van der Waals surface area (Å²) < 4.78 is 0. The number of carbonyl (C=O) groups excluding carboxylic acids is 1. The molecule has 0 aliphatic carbocycles. The molecular weight excluding hydrogens is 186 g/mol. The second-order valence-corrected chi connectivity index (χ2v) is 4.51. The van der Waals surface area contributed by atoms with E-state index in [0.29, 0.717) is 0 Å². The third kappa shape index (κ3) is 3.39. The molecule has 0 amide bonds. The second kappa shape index (κ2) is 4.96. The van der Waals surface area contributed by atoms with E-state index in [4.69, 9.17) is 0 Å². The highest BCUT2D eigenvalue weighted by Crippen LogP contribution is 2.23. The Hall–Kier alpha value is -1.31. The van der Waals surface area contributed by atoms with Crippen molar-refractivity contribution in [3.63, 3.8) is 0 Å². The minimum atomic E-state index is -0.221. The molecule has 0 unspecified atom stereocenters. The number of anilines is 1. The molecule has 2 heteroatoms. The zero-order valence-corrected chi connectivity index (χ0v) is 9.71. The fourth-order valence-corrected chi connectivity index (χ4v) is 1.50. The molecule has 0 radical (unpaired) electrons. The number of nitrogens with one attached hydrogen (secondary N) is 1. The maximum atomic E-state index is 10.8. The summed E-state index contributed by atoms with van der Waals surface area (Å²) in [6.07, 6.45) is 2.85. The highest BCUT2D eigenvalue weighted by atomic mass is 16.1. The molecule has 0 atom stereocenters. The van der Waals surface area contributed by atoms with Gasteiger partial charge in [0.15, 0.2) is 0 Å². The molecule has 1 aromatic carbocycles. The Kier molecular flexibility index (Phi) is 3.89. The first kappa shape index (κ1) is 11.8. The van der Waals surface area contributed by atoms with Gasteiger partial charge < -0.3 is 10.1 Å². The van der Waals surface area contributed by atoms with Crippen molar-refractivity contribution in [1.82, 2.24) is 0 Å². The van der Waals surface area contributed by atoms with Gasteiger partial charge in [0.25, 0.3) is 0 Å². The summed E-state index contributed by atoms with van der Waals surface area (Å²) in [6.45, 7) is 3.95. The molecule has 1 N–H and O–H groups in total. The molecule has 1 rings (SSSR count). The van der Waals surface area contributed by atoms with Crippen LogP contribution in [0.4, 0.5) is 5.69 Å². The highest BCUT2D eigenvalue weighted by Gasteiger charge is 2.16. The Morgan fingerprint density at radius 1 is 1.33 bits per heavy atom. The Balaban J connectivity index is 2.68. The Labute approximate surface area is 91.7 Å². The number of hydrogen-bond acceptors (Lipinski definition) is 2. The van der Waals surface area contributed by atoms with Crippen molar-refractivity contribution >= 4 is 12.0 Å². The van der Waals surface area contributed by atoms with E-state index < -0.39 is 0 Å². The van der Waals surface area contributed by atoms with Gasteiger partial charge in [-0.1, -0.05) is 32.0 Å². The van der Waals surface area contributed by atoms with E-state index in [-0.39, 0.29) is 5.41 Å². The summed E-state index contributed by atoms with van der Waals surface area (Å²) in [4.78, 5) is 10.8. The summed E-state index contributed by atoms with van der Waals surface area (Å²) in [5, 5.41) is 3.16. The number of para-hydroxylation sites is 1. The van der Waals surface area contributed by atoms with Gasteiger partial charge in [-0.05, 0) is 24.5 Å². The van der Waals surface area contributed by atoms with Gasteiger partial charge in [0, 0.05) is 18.2 Å². The Morgan fingerprint density at radius 2 is 2.00 bits per heavy atom. The quantitative estimate of drug-likeness (QED) is 0.749. The van der Waals surface area contributed by atoms with Crippen LogP contribution in [0.3, 0.4) is 0 Å². The van der Waals surface area contributed by atoms with Gasteiger partial charge in [0.1, 0.15) is 6.29 Å². The largest absolute Gasteiger partial charge is 0.388 e. The first-order chi connectivity index (χ1) is 7.09.